The summed E-state index contributed by atoms with van der Waals surface area (Å²) in [6, 6.07) is 3.34. The Labute approximate surface area is 169 Å². The van der Waals surface area contributed by atoms with Crippen LogP contribution in [-0.4, -0.2) is 57.6 Å². The van der Waals surface area contributed by atoms with Crippen molar-refractivity contribution >= 4 is 29.5 Å². The smallest absolute Gasteiger partial charge is 0.289 e. The second-order valence-corrected chi connectivity index (χ2v) is 7.15. The summed E-state index contributed by atoms with van der Waals surface area (Å²) in [5, 5.41) is 5.01. The first-order valence-corrected chi connectivity index (χ1v) is 9.91. The average molecular weight is 405 g/mol. The third-order valence-electron chi connectivity index (χ3n) is 4.84. The van der Waals surface area contributed by atoms with E-state index >= 15 is 0 Å². The van der Waals surface area contributed by atoms with E-state index in [4.69, 9.17) is 16.0 Å². The molecule has 1 aliphatic rings. The number of nitrogens with zero attached hydrogens (tertiary/aromatic N) is 4. The summed E-state index contributed by atoms with van der Waals surface area (Å²) < 4.78 is 6.94. The summed E-state index contributed by atoms with van der Waals surface area (Å²) in [5.74, 6) is 0.0845. The third-order valence-corrected chi connectivity index (χ3v) is 5.23. The highest BCUT2D eigenvalue weighted by molar-refractivity contribution is 6.31. The number of unbranched alkanes of at least 4 members (excludes halogenated alkanes) is 1. The average Bonchev–Trinajstić information content (AvgIpc) is 3.33. The Morgan fingerprint density at radius 1 is 1.25 bits per heavy atom. The van der Waals surface area contributed by atoms with Crippen LogP contribution in [0.5, 0.6) is 0 Å². The molecule has 0 aliphatic carbocycles. The zero-order valence-corrected chi connectivity index (χ0v) is 17.0. The molecule has 0 unspecified atom stereocenters. The van der Waals surface area contributed by atoms with Crippen LogP contribution < -0.4 is 0 Å². The van der Waals surface area contributed by atoms with E-state index in [1.807, 2.05) is 6.92 Å². The van der Waals surface area contributed by atoms with Crippen LogP contribution in [0.1, 0.15) is 41.6 Å². The maximum atomic E-state index is 12.5. The summed E-state index contributed by atoms with van der Waals surface area (Å²) in [7, 11) is 0. The molecule has 3 rings (SSSR count). The van der Waals surface area contributed by atoms with Crippen LogP contribution in [-0.2, 0) is 11.3 Å². The number of halogens is 1. The number of piperazine rings is 1. The SMILES string of the molecule is CCCCn1nc(C)c(/C=C/C(=O)N2CCN(C(=O)c3ccco3)CC2)c1Cl. The minimum absolute atomic E-state index is 0.0955. The minimum atomic E-state index is -0.144. The molecule has 28 heavy (non-hydrogen) atoms. The van der Waals surface area contributed by atoms with Crippen LogP contribution in [0.4, 0.5) is 0 Å². The Bertz CT molecular complexity index is 849. The molecular formula is C20H25ClN4O3. The summed E-state index contributed by atoms with van der Waals surface area (Å²) in [6.45, 7) is 6.70. The van der Waals surface area contributed by atoms with Crippen LogP contribution in [0.25, 0.3) is 6.08 Å². The molecule has 2 aromatic heterocycles. The number of amides is 2. The highest BCUT2D eigenvalue weighted by atomic mass is 35.5. The van der Waals surface area contributed by atoms with Gasteiger partial charge in [0.25, 0.3) is 5.91 Å². The fraction of sp³-hybridized carbons (Fsp3) is 0.450. The van der Waals surface area contributed by atoms with Gasteiger partial charge in [-0.3, -0.25) is 14.3 Å². The zero-order chi connectivity index (χ0) is 20.1. The summed E-state index contributed by atoms with van der Waals surface area (Å²) in [6.07, 6.45) is 6.81. The molecule has 1 aliphatic heterocycles. The summed E-state index contributed by atoms with van der Waals surface area (Å²) in [5.41, 5.74) is 1.58. The fourth-order valence-electron chi connectivity index (χ4n) is 3.16. The Hall–Kier alpha value is -2.54. The quantitative estimate of drug-likeness (QED) is 0.693. The molecule has 1 saturated heterocycles. The molecule has 2 aromatic rings. The first-order chi connectivity index (χ1) is 13.5. The Morgan fingerprint density at radius 3 is 2.61 bits per heavy atom. The van der Waals surface area contributed by atoms with Gasteiger partial charge in [-0.2, -0.15) is 5.10 Å². The molecular weight excluding hydrogens is 380 g/mol. The lowest BCUT2D eigenvalue weighted by Gasteiger charge is -2.33. The molecule has 3 heterocycles. The van der Waals surface area contributed by atoms with Gasteiger partial charge in [0.1, 0.15) is 5.15 Å². The maximum Gasteiger partial charge on any atom is 0.289 e. The molecule has 0 saturated carbocycles. The highest BCUT2D eigenvalue weighted by Crippen LogP contribution is 2.22. The van der Waals surface area contributed by atoms with E-state index in [2.05, 4.69) is 12.0 Å². The van der Waals surface area contributed by atoms with Crippen LogP contribution in [0.2, 0.25) is 5.15 Å². The van der Waals surface area contributed by atoms with Gasteiger partial charge in [0, 0.05) is 44.4 Å². The van der Waals surface area contributed by atoms with Crippen molar-refractivity contribution in [3.8, 4) is 0 Å². The molecule has 0 bridgehead atoms. The lowest BCUT2D eigenvalue weighted by molar-refractivity contribution is -0.127. The number of hydrogen-bond donors (Lipinski definition) is 0. The molecule has 150 valence electrons. The predicted molar refractivity (Wildman–Crippen MR) is 107 cm³/mol. The molecule has 1 fully saturated rings. The molecule has 0 N–H and O–H groups in total. The van der Waals surface area contributed by atoms with Crippen molar-refractivity contribution in [1.29, 1.82) is 0 Å². The van der Waals surface area contributed by atoms with Gasteiger partial charge in [-0.1, -0.05) is 24.9 Å². The van der Waals surface area contributed by atoms with Crippen LogP contribution in [0.15, 0.2) is 28.9 Å². The maximum absolute atomic E-state index is 12.5. The molecule has 7 nitrogen and oxygen atoms in total. The van der Waals surface area contributed by atoms with E-state index in [0.717, 1.165) is 30.6 Å². The lowest BCUT2D eigenvalue weighted by atomic mass is 10.2. The summed E-state index contributed by atoms with van der Waals surface area (Å²) in [4.78, 5) is 28.2. The number of furan rings is 1. The molecule has 2 amide bonds. The molecule has 8 heteroatoms. The number of carbonyl (C=O) groups excluding carboxylic acids is 2. The van der Waals surface area contributed by atoms with Gasteiger partial charge in [-0.05, 0) is 31.6 Å². The van der Waals surface area contributed by atoms with Crippen molar-refractivity contribution in [2.45, 2.75) is 33.2 Å². The second-order valence-electron chi connectivity index (χ2n) is 6.79. The van der Waals surface area contributed by atoms with E-state index in [1.54, 1.807) is 32.7 Å². The van der Waals surface area contributed by atoms with Gasteiger partial charge in [0.15, 0.2) is 5.76 Å². The topological polar surface area (TPSA) is 71.6 Å². The Kier molecular flexibility index (Phi) is 6.57. The van der Waals surface area contributed by atoms with Crippen molar-refractivity contribution < 1.29 is 14.0 Å². The van der Waals surface area contributed by atoms with E-state index in [1.165, 1.54) is 12.3 Å². The monoisotopic (exact) mass is 404 g/mol. The van der Waals surface area contributed by atoms with Crippen molar-refractivity contribution in [2.75, 3.05) is 26.2 Å². The summed E-state index contributed by atoms with van der Waals surface area (Å²) >= 11 is 6.41. The van der Waals surface area contributed by atoms with Crippen molar-refractivity contribution in [1.82, 2.24) is 19.6 Å². The first-order valence-electron chi connectivity index (χ1n) is 9.54. The van der Waals surface area contributed by atoms with E-state index < -0.39 is 0 Å². The number of rotatable bonds is 6. The van der Waals surface area contributed by atoms with Gasteiger partial charge in [-0.15, -0.1) is 0 Å². The van der Waals surface area contributed by atoms with Gasteiger partial charge >= 0.3 is 0 Å². The Balaban J connectivity index is 1.57. The second kappa shape index (κ2) is 9.10. The number of aromatic nitrogens is 2. The van der Waals surface area contributed by atoms with Crippen molar-refractivity contribution in [3.63, 3.8) is 0 Å². The minimum Gasteiger partial charge on any atom is -0.459 e. The predicted octanol–water partition coefficient (Wildman–Crippen LogP) is 3.24. The zero-order valence-electron chi connectivity index (χ0n) is 16.2. The number of aryl methyl sites for hydroxylation is 2. The number of hydrogen-bond acceptors (Lipinski definition) is 4. The molecule has 0 radical (unpaired) electrons. The van der Waals surface area contributed by atoms with Crippen molar-refractivity contribution in [2.24, 2.45) is 0 Å². The van der Waals surface area contributed by atoms with E-state index in [9.17, 15) is 9.59 Å². The van der Waals surface area contributed by atoms with E-state index in [-0.39, 0.29) is 11.8 Å². The first kappa shape index (κ1) is 20.2. The highest BCUT2D eigenvalue weighted by Gasteiger charge is 2.25. The largest absolute Gasteiger partial charge is 0.459 e. The molecule has 0 spiro atoms. The third kappa shape index (κ3) is 4.47. The van der Waals surface area contributed by atoms with Gasteiger partial charge < -0.3 is 14.2 Å². The van der Waals surface area contributed by atoms with Gasteiger partial charge in [-0.25, -0.2) is 0 Å². The lowest BCUT2D eigenvalue weighted by Crippen LogP contribution is -2.50. The normalized spacial score (nSPS) is 14.8. The standard InChI is InChI=1S/C20H25ClN4O3/c1-3-4-9-25-19(21)16(15(2)22-25)7-8-18(26)23-10-12-24(13-11-23)20(27)17-6-5-14-28-17/h5-8,14H,3-4,9-13H2,1-2H3/b8-7+. The van der Waals surface area contributed by atoms with Gasteiger partial charge in [0.2, 0.25) is 5.91 Å². The fourth-order valence-corrected chi connectivity index (χ4v) is 3.48. The van der Waals surface area contributed by atoms with Gasteiger partial charge in [0.05, 0.1) is 12.0 Å². The molecule has 0 aromatic carbocycles. The van der Waals surface area contributed by atoms with Crippen molar-refractivity contribution in [3.05, 3.63) is 46.6 Å². The molecule has 0 atom stereocenters. The van der Waals surface area contributed by atoms with E-state index in [0.29, 0.717) is 37.1 Å². The Morgan fingerprint density at radius 2 is 1.96 bits per heavy atom. The van der Waals surface area contributed by atoms with Crippen LogP contribution in [0.3, 0.4) is 0 Å². The van der Waals surface area contributed by atoms with Crippen LogP contribution in [0, 0.1) is 6.92 Å². The van der Waals surface area contributed by atoms with Crippen LogP contribution >= 0.6 is 11.6 Å². The number of carbonyl (C=O) groups is 2.